The van der Waals surface area contributed by atoms with Crippen LogP contribution in [0.1, 0.15) is 30.0 Å². The number of hydrogen-bond acceptors (Lipinski definition) is 3. The quantitative estimate of drug-likeness (QED) is 0.650. The Morgan fingerprint density at radius 3 is 2.88 bits per heavy atom. The minimum atomic E-state index is -0.699. The van der Waals surface area contributed by atoms with Crippen molar-refractivity contribution in [3.05, 3.63) is 70.1 Å². The molecule has 1 N–H and O–H groups in total. The van der Waals surface area contributed by atoms with Gasteiger partial charge in [0.2, 0.25) is 0 Å². The molecular formula is C21H20ClNO2S. The molecule has 3 nitrogen and oxygen atoms in total. The largest absolute Gasteiger partial charge is 0.481 e. The number of halogens is 1. The molecule has 0 aliphatic carbocycles. The van der Waals surface area contributed by atoms with Crippen LogP contribution in [0, 0.1) is 5.92 Å². The Balaban J connectivity index is 1.81. The summed E-state index contributed by atoms with van der Waals surface area (Å²) in [5.41, 5.74) is 2.35. The fraction of sp³-hybridized carbons (Fsp3) is 0.286. The summed E-state index contributed by atoms with van der Waals surface area (Å²) in [5.74, 6) is -1.01. The zero-order valence-electron chi connectivity index (χ0n) is 14.3. The van der Waals surface area contributed by atoms with Crippen LogP contribution in [-0.2, 0) is 4.79 Å². The number of carboxylic acid groups (broad SMARTS) is 1. The van der Waals surface area contributed by atoms with E-state index in [2.05, 4.69) is 40.6 Å². The lowest BCUT2D eigenvalue weighted by Gasteiger charge is -2.37. The number of fused-ring (bicyclic) bond motifs is 1. The highest BCUT2D eigenvalue weighted by Gasteiger charge is 2.32. The smallest absolute Gasteiger partial charge is 0.307 e. The zero-order chi connectivity index (χ0) is 18.1. The predicted molar refractivity (Wildman–Crippen MR) is 107 cm³/mol. The van der Waals surface area contributed by atoms with Gasteiger partial charge in [0.25, 0.3) is 0 Å². The van der Waals surface area contributed by atoms with E-state index < -0.39 is 5.97 Å². The summed E-state index contributed by atoms with van der Waals surface area (Å²) in [6, 6.07) is 16.4. The third kappa shape index (κ3) is 3.37. The third-order valence-corrected chi connectivity index (χ3v) is 6.35. The third-order valence-electron chi connectivity index (χ3n) is 5.14. The molecule has 5 heteroatoms. The van der Waals surface area contributed by atoms with Crippen LogP contribution in [0.4, 0.5) is 0 Å². The molecule has 2 aromatic carbocycles. The molecule has 2 unspecified atom stereocenters. The first kappa shape index (κ1) is 17.5. The summed E-state index contributed by atoms with van der Waals surface area (Å²) in [6.45, 7) is 1.46. The standard InChI is InChI=1S/C21H20ClNO2S/c22-16-7-3-5-14(11-16)20(23-10-4-6-15(12-23)21(24)25)18-13-26-19-9-2-1-8-17(18)19/h1-3,5,7-9,11,13,15,20H,4,6,10,12H2,(H,24,25). The van der Waals surface area contributed by atoms with Gasteiger partial charge in [-0.25, -0.2) is 0 Å². The van der Waals surface area contributed by atoms with E-state index >= 15 is 0 Å². The second-order valence-corrected chi connectivity index (χ2v) is 8.16. The van der Waals surface area contributed by atoms with Crippen molar-refractivity contribution in [3.8, 4) is 0 Å². The van der Waals surface area contributed by atoms with Gasteiger partial charge in [0.15, 0.2) is 0 Å². The molecule has 2 atom stereocenters. The number of piperidine rings is 1. The Morgan fingerprint density at radius 1 is 1.23 bits per heavy atom. The minimum Gasteiger partial charge on any atom is -0.481 e. The molecule has 1 aromatic heterocycles. The van der Waals surface area contributed by atoms with Gasteiger partial charge in [-0.3, -0.25) is 9.69 Å². The molecule has 1 aliphatic rings. The number of benzene rings is 2. The van der Waals surface area contributed by atoms with Gasteiger partial charge < -0.3 is 5.11 Å². The van der Waals surface area contributed by atoms with Crippen molar-refractivity contribution in [1.82, 2.24) is 4.90 Å². The fourth-order valence-electron chi connectivity index (χ4n) is 3.92. The summed E-state index contributed by atoms with van der Waals surface area (Å²) in [7, 11) is 0. The molecule has 4 rings (SSSR count). The number of carboxylic acids is 1. The molecule has 0 bridgehead atoms. The molecule has 2 heterocycles. The maximum atomic E-state index is 11.6. The average Bonchev–Trinajstić information content (AvgIpc) is 3.06. The summed E-state index contributed by atoms with van der Waals surface area (Å²) in [6.07, 6.45) is 1.65. The first-order chi connectivity index (χ1) is 12.6. The van der Waals surface area contributed by atoms with E-state index in [4.69, 9.17) is 11.6 Å². The molecule has 134 valence electrons. The van der Waals surface area contributed by atoms with Crippen LogP contribution >= 0.6 is 22.9 Å². The first-order valence-corrected chi connectivity index (χ1v) is 10.1. The minimum absolute atomic E-state index is 0.0204. The van der Waals surface area contributed by atoms with Crippen molar-refractivity contribution in [2.24, 2.45) is 5.92 Å². The van der Waals surface area contributed by atoms with Crippen LogP contribution in [0.2, 0.25) is 5.02 Å². The van der Waals surface area contributed by atoms with E-state index in [1.165, 1.54) is 15.6 Å². The molecule has 0 spiro atoms. The molecule has 26 heavy (non-hydrogen) atoms. The Hall–Kier alpha value is -1.88. The van der Waals surface area contributed by atoms with Gasteiger partial charge in [0.05, 0.1) is 12.0 Å². The van der Waals surface area contributed by atoms with Crippen molar-refractivity contribution >= 4 is 39.0 Å². The highest BCUT2D eigenvalue weighted by molar-refractivity contribution is 7.17. The summed E-state index contributed by atoms with van der Waals surface area (Å²) < 4.78 is 1.25. The van der Waals surface area contributed by atoms with Crippen LogP contribution in [0.5, 0.6) is 0 Å². The molecule has 1 fully saturated rings. The average molecular weight is 386 g/mol. The topological polar surface area (TPSA) is 40.5 Å². The van der Waals surface area contributed by atoms with Gasteiger partial charge in [0.1, 0.15) is 0 Å². The number of carbonyl (C=O) groups is 1. The second-order valence-electron chi connectivity index (χ2n) is 6.82. The molecule has 1 saturated heterocycles. The second kappa shape index (κ2) is 7.39. The van der Waals surface area contributed by atoms with E-state index in [1.807, 2.05) is 18.2 Å². The SMILES string of the molecule is O=C(O)C1CCCN(C(c2cccc(Cl)c2)c2csc3ccccc23)C1. The summed E-state index contributed by atoms with van der Waals surface area (Å²) in [5, 5.41) is 13.7. The van der Waals surface area contributed by atoms with E-state index in [-0.39, 0.29) is 12.0 Å². The van der Waals surface area contributed by atoms with Crippen LogP contribution < -0.4 is 0 Å². The normalized spacial score (nSPS) is 19.5. The summed E-state index contributed by atoms with van der Waals surface area (Å²) in [4.78, 5) is 13.9. The highest BCUT2D eigenvalue weighted by Crippen LogP contribution is 2.39. The zero-order valence-corrected chi connectivity index (χ0v) is 15.8. The Morgan fingerprint density at radius 2 is 2.08 bits per heavy atom. The van der Waals surface area contributed by atoms with Crippen LogP contribution in [0.3, 0.4) is 0 Å². The number of aliphatic carboxylic acids is 1. The van der Waals surface area contributed by atoms with Crippen molar-refractivity contribution in [1.29, 1.82) is 0 Å². The highest BCUT2D eigenvalue weighted by atomic mass is 35.5. The van der Waals surface area contributed by atoms with Crippen molar-refractivity contribution in [2.75, 3.05) is 13.1 Å². The van der Waals surface area contributed by atoms with Gasteiger partial charge in [-0.15, -0.1) is 11.3 Å². The Labute approximate surface area is 161 Å². The fourth-order valence-corrected chi connectivity index (χ4v) is 5.09. The first-order valence-electron chi connectivity index (χ1n) is 8.82. The molecule has 1 aliphatic heterocycles. The molecule has 0 saturated carbocycles. The maximum Gasteiger partial charge on any atom is 0.307 e. The number of hydrogen-bond donors (Lipinski definition) is 1. The van der Waals surface area contributed by atoms with Crippen molar-refractivity contribution in [3.63, 3.8) is 0 Å². The van der Waals surface area contributed by atoms with Crippen molar-refractivity contribution < 1.29 is 9.90 Å². The van der Waals surface area contributed by atoms with E-state index in [0.717, 1.165) is 24.9 Å². The number of nitrogens with zero attached hydrogens (tertiary/aromatic N) is 1. The van der Waals surface area contributed by atoms with Crippen LogP contribution in [-0.4, -0.2) is 29.1 Å². The Kier molecular flexibility index (Phi) is 4.98. The van der Waals surface area contributed by atoms with E-state index in [1.54, 1.807) is 11.3 Å². The van der Waals surface area contributed by atoms with Crippen molar-refractivity contribution in [2.45, 2.75) is 18.9 Å². The maximum absolute atomic E-state index is 11.6. The van der Waals surface area contributed by atoms with Crippen LogP contribution in [0.15, 0.2) is 53.9 Å². The summed E-state index contributed by atoms with van der Waals surface area (Å²) >= 11 is 8.01. The van der Waals surface area contributed by atoms with E-state index in [9.17, 15) is 9.90 Å². The number of rotatable bonds is 4. The van der Waals surface area contributed by atoms with Gasteiger partial charge >= 0.3 is 5.97 Å². The molecule has 0 radical (unpaired) electrons. The lowest BCUT2D eigenvalue weighted by atomic mass is 9.91. The molecule has 0 amide bonds. The number of thiophene rings is 1. The predicted octanol–water partition coefficient (Wildman–Crippen LogP) is 5.44. The van der Waals surface area contributed by atoms with Gasteiger partial charge in [-0.1, -0.05) is 41.9 Å². The lowest BCUT2D eigenvalue weighted by molar-refractivity contribution is -0.143. The lowest BCUT2D eigenvalue weighted by Crippen LogP contribution is -2.41. The van der Waals surface area contributed by atoms with Crippen LogP contribution in [0.25, 0.3) is 10.1 Å². The monoisotopic (exact) mass is 385 g/mol. The molecule has 3 aromatic rings. The molecular weight excluding hydrogens is 366 g/mol. The van der Waals surface area contributed by atoms with Gasteiger partial charge in [0, 0.05) is 16.3 Å². The Bertz CT molecular complexity index is 938. The van der Waals surface area contributed by atoms with E-state index in [0.29, 0.717) is 11.6 Å². The van der Waals surface area contributed by atoms with Gasteiger partial charge in [-0.2, -0.15) is 0 Å². The van der Waals surface area contributed by atoms with Gasteiger partial charge in [-0.05, 0) is 59.5 Å². The number of likely N-dealkylation sites (tertiary alicyclic amines) is 1.